The molecule has 0 heterocycles. The number of carbonyl (C=O) groups is 1. The van der Waals surface area contributed by atoms with E-state index < -0.39 is 6.04 Å². The van der Waals surface area contributed by atoms with E-state index in [9.17, 15) is 15.0 Å². The molecule has 0 saturated carbocycles. The zero-order valence-electron chi connectivity index (χ0n) is 11.1. The number of aromatic hydroxyl groups is 2. The van der Waals surface area contributed by atoms with Crippen molar-refractivity contribution in [2.24, 2.45) is 0 Å². The SMILES string of the molecule is COCCNC(=O)C(C)NCc1cccc(O)c1O. The van der Waals surface area contributed by atoms with Crippen LogP contribution >= 0.6 is 0 Å². The second-order valence-electron chi connectivity index (χ2n) is 4.17. The molecule has 0 spiro atoms. The van der Waals surface area contributed by atoms with Crippen molar-refractivity contribution < 1.29 is 19.7 Å². The number of hydrogen-bond acceptors (Lipinski definition) is 5. The molecule has 1 atom stereocenters. The van der Waals surface area contributed by atoms with Crippen LogP contribution in [0.25, 0.3) is 0 Å². The van der Waals surface area contributed by atoms with Crippen LogP contribution in [0, 0.1) is 0 Å². The van der Waals surface area contributed by atoms with Gasteiger partial charge in [0.25, 0.3) is 0 Å². The highest BCUT2D eigenvalue weighted by molar-refractivity contribution is 5.81. The minimum absolute atomic E-state index is 0.142. The van der Waals surface area contributed by atoms with Gasteiger partial charge in [-0.25, -0.2) is 0 Å². The van der Waals surface area contributed by atoms with E-state index in [2.05, 4.69) is 10.6 Å². The molecule has 19 heavy (non-hydrogen) atoms. The van der Waals surface area contributed by atoms with Crippen LogP contribution in [0.3, 0.4) is 0 Å². The molecular weight excluding hydrogens is 248 g/mol. The lowest BCUT2D eigenvalue weighted by atomic mass is 10.1. The van der Waals surface area contributed by atoms with E-state index in [-0.39, 0.29) is 17.4 Å². The Labute approximate surface area is 112 Å². The smallest absolute Gasteiger partial charge is 0.236 e. The van der Waals surface area contributed by atoms with Gasteiger partial charge in [0, 0.05) is 25.8 Å². The topological polar surface area (TPSA) is 90.8 Å². The Hall–Kier alpha value is -1.79. The van der Waals surface area contributed by atoms with Crippen LogP contribution in [0.1, 0.15) is 12.5 Å². The molecule has 0 fully saturated rings. The van der Waals surface area contributed by atoms with Crippen LogP contribution in [0.2, 0.25) is 0 Å². The molecule has 0 bridgehead atoms. The molecule has 0 radical (unpaired) electrons. The molecule has 106 valence electrons. The van der Waals surface area contributed by atoms with Gasteiger partial charge in [0.05, 0.1) is 12.6 Å². The number of benzene rings is 1. The lowest BCUT2D eigenvalue weighted by Crippen LogP contribution is -2.42. The minimum Gasteiger partial charge on any atom is -0.504 e. The van der Waals surface area contributed by atoms with Crippen LogP contribution in [0.4, 0.5) is 0 Å². The minimum atomic E-state index is -0.404. The first-order valence-electron chi connectivity index (χ1n) is 6.06. The average Bonchev–Trinajstić information content (AvgIpc) is 2.40. The molecule has 1 aromatic rings. The highest BCUT2D eigenvalue weighted by Gasteiger charge is 2.13. The van der Waals surface area contributed by atoms with Crippen LogP contribution < -0.4 is 10.6 Å². The predicted molar refractivity (Wildman–Crippen MR) is 71.0 cm³/mol. The van der Waals surface area contributed by atoms with Crippen molar-refractivity contribution in [3.05, 3.63) is 23.8 Å². The molecule has 1 rings (SSSR count). The number of carbonyl (C=O) groups excluding carboxylic acids is 1. The van der Waals surface area contributed by atoms with Gasteiger partial charge in [0.1, 0.15) is 0 Å². The molecule has 6 heteroatoms. The Bertz CT molecular complexity index is 423. The summed E-state index contributed by atoms with van der Waals surface area (Å²) in [7, 11) is 1.57. The van der Waals surface area contributed by atoms with Crippen LogP contribution in [-0.4, -0.2) is 42.4 Å². The number of phenolic OH excluding ortho intramolecular Hbond substituents is 2. The molecule has 1 unspecified atom stereocenters. The Kier molecular flexibility index (Phi) is 6.11. The summed E-state index contributed by atoms with van der Waals surface area (Å²) in [6.45, 7) is 2.94. The normalized spacial score (nSPS) is 12.1. The number of methoxy groups -OCH3 is 1. The van der Waals surface area contributed by atoms with E-state index in [1.807, 2.05) is 0 Å². The number of phenols is 2. The van der Waals surface area contributed by atoms with Gasteiger partial charge in [-0.15, -0.1) is 0 Å². The molecule has 4 N–H and O–H groups in total. The molecule has 0 aromatic heterocycles. The number of ether oxygens (including phenoxy) is 1. The first-order valence-corrected chi connectivity index (χ1v) is 6.06. The van der Waals surface area contributed by atoms with Gasteiger partial charge in [-0.05, 0) is 13.0 Å². The first-order chi connectivity index (χ1) is 9.06. The van der Waals surface area contributed by atoms with Gasteiger partial charge < -0.3 is 25.6 Å². The van der Waals surface area contributed by atoms with Gasteiger partial charge in [-0.2, -0.15) is 0 Å². The lowest BCUT2D eigenvalue weighted by molar-refractivity contribution is -0.123. The highest BCUT2D eigenvalue weighted by atomic mass is 16.5. The standard InChI is InChI=1S/C13H20N2O4/c1-9(13(18)14-6-7-19-2)15-8-10-4-3-5-11(16)12(10)17/h3-5,9,15-17H,6-8H2,1-2H3,(H,14,18). The maximum atomic E-state index is 11.6. The van der Waals surface area contributed by atoms with Gasteiger partial charge in [-0.1, -0.05) is 12.1 Å². The fourth-order valence-electron chi connectivity index (χ4n) is 1.51. The lowest BCUT2D eigenvalue weighted by Gasteiger charge is -2.14. The van der Waals surface area contributed by atoms with Gasteiger partial charge >= 0.3 is 0 Å². The summed E-state index contributed by atoms with van der Waals surface area (Å²) in [4.78, 5) is 11.6. The summed E-state index contributed by atoms with van der Waals surface area (Å²) in [5, 5.41) is 24.6. The number of nitrogens with one attached hydrogen (secondary N) is 2. The molecule has 0 aliphatic heterocycles. The van der Waals surface area contributed by atoms with E-state index in [1.165, 1.54) is 6.07 Å². The van der Waals surface area contributed by atoms with E-state index in [4.69, 9.17) is 4.74 Å². The van der Waals surface area contributed by atoms with Crippen molar-refractivity contribution in [1.82, 2.24) is 10.6 Å². The highest BCUT2D eigenvalue weighted by Crippen LogP contribution is 2.27. The Morgan fingerprint density at radius 2 is 2.16 bits per heavy atom. The molecule has 0 saturated heterocycles. The number of hydrogen-bond donors (Lipinski definition) is 4. The van der Waals surface area contributed by atoms with E-state index >= 15 is 0 Å². The summed E-state index contributed by atoms with van der Waals surface area (Å²) in [6, 6.07) is 4.31. The van der Waals surface area contributed by atoms with Gasteiger partial charge in [0.15, 0.2) is 11.5 Å². The predicted octanol–water partition coefficient (Wildman–Crippen LogP) is 0.339. The third kappa shape index (κ3) is 4.76. The summed E-state index contributed by atoms with van der Waals surface area (Å²) in [5.74, 6) is -0.477. The second kappa shape index (κ2) is 7.60. The maximum absolute atomic E-state index is 11.6. The summed E-state index contributed by atoms with van der Waals surface area (Å²) >= 11 is 0. The van der Waals surface area contributed by atoms with Crippen molar-refractivity contribution in [3.63, 3.8) is 0 Å². The Balaban J connectivity index is 2.43. The molecule has 1 aromatic carbocycles. The van der Waals surface area contributed by atoms with Crippen LogP contribution in [-0.2, 0) is 16.1 Å². The molecule has 0 aliphatic rings. The summed E-state index contributed by atoms with van der Waals surface area (Å²) < 4.78 is 4.83. The summed E-state index contributed by atoms with van der Waals surface area (Å²) in [6.07, 6.45) is 0. The molecule has 0 aliphatic carbocycles. The molecule has 1 amide bonds. The average molecular weight is 268 g/mol. The third-order valence-electron chi connectivity index (χ3n) is 2.70. The number of amides is 1. The number of rotatable bonds is 7. The fraction of sp³-hybridized carbons (Fsp3) is 0.462. The second-order valence-corrected chi connectivity index (χ2v) is 4.17. The first kappa shape index (κ1) is 15.3. The third-order valence-corrected chi connectivity index (χ3v) is 2.70. The van der Waals surface area contributed by atoms with E-state index in [0.717, 1.165) is 0 Å². The van der Waals surface area contributed by atoms with Crippen molar-refractivity contribution in [1.29, 1.82) is 0 Å². The van der Waals surface area contributed by atoms with Crippen molar-refractivity contribution in [2.45, 2.75) is 19.5 Å². The zero-order valence-corrected chi connectivity index (χ0v) is 11.1. The maximum Gasteiger partial charge on any atom is 0.236 e. The zero-order chi connectivity index (χ0) is 14.3. The van der Waals surface area contributed by atoms with Crippen molar-refractivity contribution in [2.75, 3.05) is 20.3 Å². The largest absolute Gasteiger partial charge is 0.504 e. The monoisotopic (exact) mass is 268 g/mol. The van der Waals surface area contributed by atoms with Crippen molar-refractivity contribution >= 4 is 5.91 Å². The number of para-hydroxylation sites is 1. The molecule has 6 nitrogen and oxygen atoms in total. The summed E-state index contributed by atoms with van der Waals surface area (Å²) in [5.41, 5.74) is 0.538. The van der Waals surface area contributed by atoms with Crippen LogP contribution in [0.15, 0.2) is 18.2 Å². The molecular formula is C13H20N2O4. The van der Waals surface area contributed by atoms with E-state index in [1.54, 1.807) is 26.2 Å². The quantitative estimate of drug-likeness (QED) is 0.423. The van der Waals surface area contributed by atoms with Gasteiger partial charge in [-0.3, -0.25) is 4.79 Å². The van der Waals surface area contributed by atoms with Crippen molar-refractivity contribution in [3.8, 4) is 11.5 Å². The fourth-order valence-corrected chi connectivity index (χ4v) is 1.51. The van der Waals surface area contributed by atoms with E-state index in [0.29, 0.717) is 25.3 Å². The van der Waals surface area contributed by atoms with Gasteiger partial charge in [0.2, 0.25) is 5.91 Å². The Morgan fingerprint density at radius 3 is 2.84 bits per heavy atom. The van der Waals surface area contributed by atoms with Crippen LogP contribution in [0.5, 0.6) is 11.5 Å². The Morgan fingerprint density at radius 1 is 1.42 bits per heavy atom.